The topological polar surface area (TPSA) is 59.8 Å². The SMILES string of the molecule is Cc1ccc(C)c(-c2cc(C(=O)NCc3cccnc3)nn2C)c1. The molecule has 122 valence electrons. The van der Waals surface area contributed by atoms with Crippen molar-refractivity contribution in [3.05, 3.63) is 71.2 Å². The normalized spacial score (nSPS) is 10.6. The number of carbonyl (C=O) groups excluding carboxylic acids is 1. The van der Waals surface area contributed by atoms with Gasteiger partial charge >= 0.3 is 0 Å². The van der Waals surface area contributed by atoms with Crippen molar-refractivity contribution in [2.24, 2.45) is 7.05 Å². The van der Waals surface area contributed by atoms with E-state index in [4.69, 9.17) is 0 Å². The summed E-state index contributed by atoms with van der Waals surface area (Å²) in [6, 6.07) is 11.9. The standard InChI is InChI=1S/C19H20N4O/c1-13-6-7-14(2)16(9-13)18-10-17(22-23(18)3)19(24)21-12-15-5-4-8-20-11-15/h4-11H,12H2,1-3H3,(H,21,24). The number of nitrogens with one attached hydrogen (secondary N) is 1. The third kappa shape index (κ3) is 3.35. The molecule has 0 unspecified atom stereocenters. The summed E-state index contributed by atoms with van der Waals surface area (Å²) in [6.07, 6.45) is 3.45. The van der Waals surface area contributed by atoms with Crippen molar-refractivity contribution >= 4 is 5.91 Å². The lowest BCUT2D eigenvalue weighted by molar-refractivity contribution is 0.0945. The van der Waals surface area contributed by atoms with Crippen LogP contribution in [0.25, 0.3) is 11.3 Å². The lowest BCUT2D eigenvalue weighted by atomic mass is 10.0. The molecule has 0 spiro atoms. The molecule has 2 aromatic heterocycles. The van der Waals surface area contributed by atoms with Crippen LogP contribution in [-0.2, 0) is 13.6 Å². The highest BCUT2D eigenvalue weighted by Gasteiger charge is 2.15. The van der Waals surface area contributed by atoms with Crippen molar-refractivity contribution in [3.63, 3.8) is 0 Å². The molecule has 0 aliphatic heterocycles. The number of pyridine rings is 1. The third-order valence-electron chi connectivity index (χ3n) is 3.96. The van der Waals surface area contributed by atoms with Crippen LogP contribution in [0.2, 0.25) is 0 Å². The molecule has 0 saturated carbocycles. The number of rotatable bonds is 4. The summed E-state index contributed by atoms with van der Waals surface area (Å²) in [5, 5.41) is 7.24. The molecule has 0 atom stereocenters. The van der Waals surface area contributed by atoms with Crippen LogP contribution in [0.3, 0.4) is 0 Å². The van der Waals surface area contributed by atoms with E-state index in [1.165, 1.54) is 5.56 Å². The Morgan fingerprint density at radius 3 is 2.79 bits per heavy atom. The Labute approximate surface area is 141 Å². The van der Waals surface area contributed by atoms with Gasteiger partial charge < -0.3 is 5.32 Å². The number of nitrogens with zero attached hydrogens (tertiary/aromatic N) is 3. The van der Waals surface area contributed by atoms with E-state index in [2.05, 4.69) is 47.4 Å². The molecule has 0 bridgehead atoms. The zero-order valence-electron chi connectivity index (χ0n) is 14.1. The van der Waals surface area contributed by atoms with Crippen LogP contribution < -0.4 is 5.32 Å². The summed E-state index contributed by atoms with van der Waals surface area (Å²) in [6.45, 7) is 4.55. The second kappa shape index (κ2) is 6.66. The number of hydrogen-bond donors (Lipinski definition) is 1. The van der Waals surface area contributed by atoms with E-state index in [0.29, 0.717) is 12.2 Å². The first kappa shape index (κ1) is 15.9. The molecule has 1 amide bonds. The van der Waals surface area contributed by atoms with Gasteiger partial charge in [0.25, 0.3) is 5.91 Å². The maximum absolute atomic E-state index is 12.4. The average molecular weight is 320 g/mol. The fourth-order valence-electron chi connectivity index (χ4n) is 2.62. The number of aryl methyl sites for hydroxylation is 3. The fraction of sp³-hybridized carbons (Fsp3) is 0.211. The van der Waals surface area contributed by atoms with Crippen molar-refractivity contribution in [2.45, 2.75) is 20.4 Å². The zero-order valence-corrected chi connectivity index (χ0v) is 14.1. The maximum atomic E-state index is 12.4. The van der Waals surface area contributed by atoms with Crippen molar-refractivity contribution in [2.75, 3.05) is 0 Å². The Morgan fingerprint density at radius 1 is 1.21 bits per heavy atom. The molecule has 3 rings (SSSR count). The van der Waals surface area contributed by atoms with Crippen molar-refractivity contribution in [1.29, 1.82) is 0 Å². The Balaban J connectivity index is 1.81. The van der Waals surface area contributed by atoms with Crippen LogP contribution in [-0.4, -0.2) is 20.7 Å². The van der Waals surface area contributed by atoms with E-state index < -0.39 is 0 Å². The van der Waals surface area contributed by atoms with Crippen LogP contribution in [0, 0.1) is 13.8 Å². The Hall–Kier alpha value is -2.95. The quantitative estimate of drug-likeness (QED) is 0.804. The molecule has 24 heavy (non-hydrogen) atoms. The number of aromatic nitrogens is 3. The Kier molecular flexibility index (Phi) is 4.42. The van der Waals surface area contributed by atoms with Gasteiger partial charge in [0, 0.05) is 31.5 Å². The third-order valence-corrected chi connectivity index (χ3v) is 3.96. The molecular weight excluding hydrogens is 300 g/mol. The van der Waals surface area contributed by atoms with Crippen LogP contribution in [0.1, 0.15) is 27.2 Å². The predicted molar refractivity (Wildman–Crippen MR) is 93.5 cm³/mol. The van der Waals surface area contributed by atoms with Crippen molar-refractivity contribution < 1.29 is 4.79 Å². The first-order valence-electron chi connectivity index (χ1n) is 7.83. The van der Waals surface area contributed by atoms with Gasteiger partial charge in [-0.1, -0.05) is 23.8 Å². The molecule has 0 saturated heterocycles. The first-order valence-corrected chi connectivity index (χ1v) is 7.83. The van der Waals surface area contributed by atoms with Gasteiger partial charge in [-0.25, -0.2) is 0 Å². The maximum Gasteiger partial charge on any atom is 0.272 e. The molecule has 0 aliphatic rings. The highest BCUT2D eigenvalue weighted by atomic mass is 16.1. The van der Waals surface area contributed by atoms with E-state index in [-0.39, 0.29) is 5.91 Å². The number of carbonyl (C=O) groups is 1. The second-order valence-electron chi connectivity index (χ2n) is 5.90. The lowest BCUT2D eigenvalue weighted by Gasteiger charge is -2.06. The lowest BCUT2D eigenvalue weighted by Crippen LogP contribution is -2.23. The van der Waals surface area contributed by atoms with Crippen molar-refractivity contribution in [1.82, 2.24) is 20.1 Å². The summed E-state index contributed by atoms with van der Waals surface area (Å²) in [5.74, 6) is -0.189. The van der Waals surface area contributed by atoms with E-state index in [1.54, 1.807) is 17.1 Å². The molecule has 0 aliphatic carbocycles. The van der Waals surface area contributed by atoms with E-state index >= 15 is 0 Å². The Morgan fingerprint density at radius 2 is 2.04 bits per heavy atom. The van der Waals surface area contributed by atoms with E-state index in [0.717, 1.165) is 22.4 Å². The van der Waals surface area contributed by atoms with Crippen LogP contribution >= 0.6 is 0 Å². The highest BCUT2D eigenvalue weighted by Crippen LogP contribution is 2.25. The van der Waals surface area contributed by atoms with Gasteiger partial charge in [-0.05, 0) is 43.2 Å². The highest BCUT2D eigenvalue weighted by molar-refractivity contribution is 5.93. The number of amides is 1. The molecule has 2 heterocycles. The second-order valence-corrected chi connectivity index (χ2v) is 5.90. The molecule has 3 aromatic rings. The number of benzene rings is 1. The van der Waals surface area contributed by atoms with Gasteiger partial charge in [0.05, 0.1) is 5.69 Å². The first-order chi connectivity index (χ1) is 11.5. The van der Waals surface area contributed by atoms with Gasteiger partial charge in [0.2, 0.25) is 0 Å². The zero-order chi connectivity index (χ0) is 17.1. The monoisotopic (exact) mass is 320 g/mol. The van der Waals surface area contributed by atoms with Crippen molar-refractivity contribution in [3.8, 4) is 11.3 Å². The van der Waals surface area contributed by atoms with E-state index in [1.807, 2.05) is 25.2 Å². The van der Waals surface area contributed by atoms with Gasteiger partial charge in [-0.2, -0.15) is 5.10 Å². The molecule has 1 N–H and O–H groups in total. The summed E-state index contributed by atoms with van der Waals surface area (Å²) in [4.78, 5) is 16.4. The largest absolute Gasteiger partial charge is 0.347 e. The van der Waals surface area contributed by atoms with Crippen LogP contribution in [0.15, 0.2) is 48.8 Å². The fourth-order valence-corrected chi connectivity index (χ4v) is 2.62. The summed E-state index contributed by atoms with van der Waals surface area (Å²) in [5.41, 5.74) is 5.73. The van der Waals surface area contributed by atoms with E-state index in [9.17, 15) is 4.79 Å². The minimum Gasteiger partial charge on any atom is -0.347 e. The van der Waals surface area contributed by atoms with Gasteiger partial charge in [0.15, 0.2) is 5.69 Å². The van der Waals surface area contributed by atoms with Crippen LogP contribution in [0.5, 0.6) is 0 Å². The molecular formula is C19H20N4O. The minimum atomic E-state index is -0.189. The Bertz CT molecular complexity index is 868. The average Bonchev–Trinajstić information content (AvgIpc) is 2.97. The smallest absolute Gasteiger partial charge is 0.272 e. The minimum absolute atomic E-state index is 0.189. The molecule has 0 radical (unpaired) electrons. The molecule has 0 fully saturated rings. The summed E-state index contributed by atoms with van der Waals surface area (Å²) < 4.78 is 1.75. The molecule has 5 heteroatoms. The van der Waals surface area contributed by atoms with Gasteiger partial charge in [-0.3, -0.25) is 14.5 Å². The summed E-state index contributed by atoms with van der Waals surface area (Å²) in [7, 11) is 1.86. The summed E-state index contributed by atoms with van der Waals surface area (Å²) >= 11 is 0. The predicted octanol–water partition coefficient (Wildman–Crippen LogP) is 3.03. The van der Waals surface area contributed by atoms with Crippen LogP contribution in [0.4, 0.5) is 0 Å². The van der Waals surface area contributed by atoms with Gasteiger partial charge in [-0.15, -0.1) is 0 Å². The number of hydrogen-bond acceptors (Lipinski definition) is 3. The molecule has 5 nitrogen and oxygen atoms in total. The van der Waals surface area contributed by atoms with Gasteiger partial charge in [0.1, 0.15) is 0 Å². The molecule has 1 aromatic carbocycles.